The quantitative estimate of drug-likeness (QED) is 0.763. The lowest BCUT2D eigenvalue weighted by atomic mass is 10.1. The van der Waals surface area contributed by atoms with Crippen molar-refractivity contribution in [2.24, 2.45) is 5.73 Å². The minimum absolute atomic E-state index is 0.200. The van der Waals surface area contributed by atoms with Crippen LogP contribution in [0.2, 0.25) is 5.02 Å². The highest BCUT2D eigenvalue weighted by atomic mass is 35.5. The first-order valence-electron chi connectivity index (χ1n) is 3.85. The van der Waals surface area contributed by atoms with Crippen LogP contribution in [-0.4, -0.2) is 13.0 Å². The zero-order valence-corrected chi connectivity index (χ0v) is 9.01. The minimum Gasteiger partial charge on any atom is -0.324 e. The van der Waals surface area contributed by atoms with Gasteiger partial charge in [-0.3, -0.25) is 4.55 Å². The largest absolute Gasteiger partial charge is 0.324 e. The molecule has 0 saturated heterocycles. The van der Waals surface area contributed by atoms with E-state index in [1.165, 1.54) is 18.2 Å². The van der Waals surface area contributed by atoms with Crippen LogP contribution in [0.3, 0.4) is 0 Å². The van der Waals surface area contributed by atoms with Gasteiger partial charge in [-0.2, -0.15) is 8.42 Å². The summed E-state index contributed by atoms with van der Waals surface area (Å²) in [6.45, 7) is 1.68. The molecule has 1 rings (SSSR count). The van der Waals surface area contributed by atoms with Crippen LogP contribution in [0.5, 0.6) is 0 Å². The Morgan fingerprint density at radius 2 is 2.07 bits per heavy atom. The summed E-state index contributed by atoms with van der Waals surface area (Å²) < 4.78 is 30.4. The van der Waals surface area contributed by atoms with Gasteiger partial charge in [0.1, 0.15) is 0 Å². The van der Waals surface area contributed by atoms with E-state index in [1.54, 1.807) is 6.92 Å². The van der Waals surface area contributed by atoms with Crippen molar-refractivity contribution >= 4 is 21.7 Å². The molecule has 6 heteroatoms. The lowest BCUT2D eigenvalue weighted by Gasteiger charge is -2.08. The third-order valence-corrected chi connectivity index (χ3v) is 2.95. The molecular weight excluding hydrogens is 226 g/mol. The monoisotopic (exact) mass is 235 g/mol. The number of hydrogen-bond donors (Lipinski definition) is 2. The Labute approximate surface area is 87.4 Å². The molecule has 0 aliphatic heterocycles. The number of hydrogen-bond acceptors (Lipinski definition) is 3. The first kappa shape index (κ1) is 11.5. The van der Waals surface area contributed by atoms with Gasteiger partial charge in [0.25, 0.3) is 10.1 Å². The predicted molar refractivity (Wildman–Crippen MR) is 53.9 cm³/mol. The fraction of sp³-hybridized carbons (Fsp3) is 0.250. The standard InChI is InChI=1S/C8H10ClNO3S/c1-5(10)7-4-6(14(11,12)13)2-3-8(7)9/h2-5H,10H2,1H3,(H,11,12,13). The average Bonchev–Trinajstić information content (AvgIpc) is 2.02. The number of rotatable bonds is 2. The fourth-order valence-electron chi connectivity index (χ4n) is 1.03. The van der Waals surface area contributed by atoms with Gasteiger partial charge in [0.2, 0.25) is 0 Å². The van der Waals surface area contributed by atoms with Crippen molar-refractivity contribution in [3.8, 4) is 0 Å². The Balaban J connectivity index is 3.34. The molecule has 3 N–H and O–H groups in total. The van der Waals surface area contributed by atoms with Crippen LogP contribution >= 0.6 is 11.6 Å². The van der Waals surface area contributed by atoms with E-state index in [1.807, 2.05) is 0 Å². The Kier molecular flexibility index (Phi) is 3.16. The lowest BCUT2D eigenvalue weighted by molar-refractivity contribution is 0.483. The van der Waals surface area contributed by atoms with E-state index in [0.29, 0.717) is 10.6 Å². The van der Waals surface area contributed by atoms with E-state index in [2.05, 4.69) is 0 Å². The molecule has 0 heterocycles. The Morgan fingerprint density at radius 3 is 2.50 bits per heavy atom. The molecule has 0 aromatic heterocycles. The number of benzene rings is 1. The molecule has 0 aliphatic carbocycles. The van der Waals surface area contributed by atoms with Gasteiger partial charge in [-0.05, 0) is 30.7 Å². The second kappa shape index (κ2) is 3.86. The molecule has 0 saturated carbocycles. The van der Waals surface area contributed by atoms with Crippen molar-refractivity contribution in [2.45, 2.75) is 17.9 Å². The highest BCUT2D eigenvalue weighted by molar-refractivity contribution is 7.85. The molecule has 0 amide bonds. The Hall–Kier alpha value is -0.620. The molecule has 1 aromatic carbocycles. The molecule has 14 heavy (non-hydrogen) atoms. The summed E-state index contributed by atoms with van der Waals surface area (Å²) in [7, 11) is -4.19. The van der Waals surface area contributed by atoms with Gasteiger partial charge < -0.3 is 5.73 Å². The van der Waals surface area contributed by atoms with Crippen LogP contribution in [-0.2, 0) is 10.1 Å². The van der Waals surface area contributed by atoms with E-state index < -0.39 is 10.1 Å². The average molecular weight is 236 g/mol. The summed E-state index contributed by atoms with van der Waals surface area (Å²) >= 11 is 5.78. The van der Waals surface area contributed by atoms with Crippen LogP contribution < -0.4 is 5.73 Å². The van der Waals surface area contributed by atoms with Gasteiger partial charge in [0.15, 0.2) is 0 Å². The van der Waals surface area contributed by atoms with Crippen LogP contribution in [0.1, 0.15) is 18.5 Å². The van der Waals surface area contributed by atoms with Crippen LogP contribution in [0, 0.1) is 0 Å². The molecule has 1 aromatic rings. The summed E-state index contributed by atoms with van der Waals surface area (Å²) in [5.74, 6) is 0. The maximum Gasteiger partial charge on any atom is 0.294 e. The molecule has 0 radical (unpaired) electrons. The first-order valence-corrected chi connectivity index (χ1v) is 5.66. The van der Waals surface area contributed by atoms with E-state index in [4.69, 9.17) is 21.9 Å². The third kappa shape index (κ3) is 2.45. The molecule has 0 aliphatic rings. The zero-order chi connectivity index (χ0) is 10.9. The second-order valence-electron chi connectivity index (χ2n) is 2.95. The van der Waals surface area contributed by atoms with Gasteiger partial charge >= 0.3 is 0 Å². The molecule has 78 valence electrons. The van der Waals surface area contributed by atoms with E-state index in [9.17, 15) is 8.42 Å². The summed E-state index contributed by atoms with van der Waals surface area (Å²) in [6.07, 6.45) is 0. The number of halogens is 1. The summed E-state index contributed by atoms with van der Waals surface area (Å²) in [5, 5.41) is 0.382. The van der Waals surface area contributed by atoms with Gasteiger partial charge in [-0.15, -0.1) is 0 Å². The highest BCUT2D eigenvalue weighted by Gasteiger charge is 2.13. The van der Waals surface area contributed by atoms with Crippen molar-refractivity contribution in [3.05, 3.63) is 28.8 Å². The molecule has 1 atom stereocenters. The topological polar surface area (TPSA) is 80.4 Å². The molecule has 0 spiro atoms. The Bertz CT molecular complexity index is 442. The zero-order valence-electron chi connectivity index (χ0n) is 7.44. The molecule has 1 unspecified atom stereocenters. The van der Waals surface area contributed by atoms with Gasteiger partial charge in [0.05, 0.1) is 4.90 Å². The van der Waals surface area contributed by atoms with Gasteiger partial charge in [-0.1, -0.05) is 11.6 Å². The fourth-order valence-corrected chi connectivity index (χ4v) is 1.84. The van der Waals surface area contributed by atoms with Crippen molar-refractivity contribution in [2.75, 3.05) is 0 Å². The SMILES string of the molecule is CC(N)c1cc(S(=O)(=O)O)ccc1Cl. The minimum atomic E-state index is -4.19. The first-order chi connectivity index (χ1) is 6.32. The van der Waals surface area contributed by atoms with Crippen molar-refractivity contribution in [3.63, 3.8) is 0 Å². The van der Waals surface area contributed by atoms with Crippen LogP contribution in [0.4, 0.5) is 0 Å². The third-order valence-electron chi connectivity index (χ3n) is 1.76. The van der Waals surface area contributed by atoms with Crippen molar-refractivity contribution < 1.29 is 13.0 Å². The molecule has 0 bridgehead atoms. The van der Waals surface area contributed by atoms with Gasteiger partial charge in [0, 0.05) is 11.1 Å². The normalized spacial score (nSPS) is 14.0. The second-order valence-corrected chi connectivity index (χ2v) is 4.78. The maximum absolute atomic E-state index is 10.8. The van der Waals surface area contributed by atoms with E-state index in [0.717, 1.165) is 0 Å². The smallest absolute Gasteiger partial charge is 0.294 e. The van der Waals surface area contributed by atoms with Crippen LogP contribution in [0.25, 0.3) is 0 Å². The van der Waals surface area contributed by atoms with E-state index in [-0.39, 0.29) is 10.9 Å². The van der Waals surface area contributed by atoms with E-state index >= 15 is 0 Å². The molecular formula is C8H10ClNO3S. The Morgan fingerprint density at radius 1 is 1.50 bits per heavy atom. The maximum atomic E-state index is 10.8. The highest BCUT2D eigenvalue weighted by Crippen LogP contribution is 2.24. The van der Waals surface area contributed by atoms with Crippen molar-refractivity contribution in [1.82, 2.24) is 0 Å². The molecule has 4 nitrogen and oxygen atoms in total. The number of nitrogens with two attached hydrogens (primary N) is 1. The van der Waals surface area contributed by atoms with Crippen LogP contribution in [0.15, 0.2) is 23.1 Å². The van der Waals surface area contributed by atoms with Crippen molar-refractivity contribution in [1.29, 1.82) is 0 Å². The predicted octanol–water partition coefficient (Wildman–Crippen LogP) is 1.61. The molecule has 0 fully saturated rings. The summed E-state index contributed by atoms with van der Waals surface area (Å²) in [5.41, 5.74) is 6.05. The summed E-state index contributed by atoms with van der Waals surface area (Å²) in [6, 6.07) is 3.50. The summed E-state index contributed by atoms with van der Waals surface area (Å²) in [4.78, 5) is -0.200. The van der Waals surface area contributed by atoms with Gasteiger partial charge in [-0.25, -0.2) is 0 Å². The lowest BCUT2D eigenvalue weighted by Crippen LogP contribution is -2.07.